The molecule has 0 spiro atoms. The molecule has 0 aromatic carbocycles. The quantitative estimate of drug-likeness (QED) is 0.217. The molecule has 0 saturated heterocycles. The molecule has 3 aromatic rings. The normalized spacial score (nSPS) is 10.2. The molecule has 0 bridgehead atoms. The molecule has 0 aliphatic rings. The molecule has 3 aromatic heterocycles. The number of imidazole rings is 1. The zero-order valence-electron chi connectivity index (χ0n) is 18.7. The van der Waals surface area contributed by atoms with Crippen LogP contribution >= 0.6 is 31.9 Å². The van der Waals surface area contributed by atoms with Crippen LogP contribution in [-0.4, -0.2) is 38.8 Å². The van der Waals surface area contributed by atoms with E-state index in [1.54, 1.807) is 19.4 Å². The monoisotopic (exact) mass is 596 g/mol. The molecule has 0 aliphatic carbocycles. The molecule has 0 unspecified atom stereocenters. The fourth-order valence-electron chi connectivity index (χ4n) is 1.87. The number of hydrogen-bond donors (Lipinski definition) is 0. The summed E-state index contributed by atoms with van der Waals surface area (Å²) >= 11 is 6.70. The smallest absolute Gasteiger partial charge is 0.387 e. The number of aryl methyl sites for hydroxylation is 1. The standard InChI is InChI=1S/C8H8BrNO.C7H5BrN2.C4H3F3O3.C2H6/c9-7-3-4-10-8(6-7)2-1-5-11;8-6-1-2-10-5-9-4-7(10)3-6;1-2(8)10-3(9)4(5,6)7;1-2/h3-6H,1-2H2;1-5H;1H3;1-2H3/i;;;1D. The Hall–Kier alpha value is -2.60. The lowest BCUT2D eigenvalue weighted by atomic mass is 10.2. The van der Waals surface area contributed by atoms with E-state index in [1.165, 1.54) is 0 Å². The topological polar surface area (TPSA) is 90.6 Å². The van der Waals surface area contributed by atoms with Crippen molar-refractivity contribution in [3.63, 3.8) is 0 Å². The second kappa shape index (κ2) is 16.1. The lowest BCUT2D eigenvalue weighted by Crippen LogP contribution is -2.26. The van der Waals surface area contributed by atoms with Crippen LogP contribution in [0.3, 0.4) is 0 Å². The first-order valence-electron chi connectivity index (χ1n) is 9.85. The third kappa shape index (κ3) is 13.5. The maximum atomic E-state index is 11.2. The summed E-state index contributed by atoms with van der Waals surface area (Å²) in [6, 6.07) is 7.79. The van der Waals surface area contributed by atoms with Crippen molar-refractivity contribution in [2.45, 2.75) is 39.8 Å². The number of fused-ring (bicyclic) bond motifs is 1. The second-order valence-electron chi connectivity index (χ2n) is 5.62. The minimum atomic E-state index is -5.09. The molecule has 180 valence electrons. The van der Waals surface area contributed by atoms with Gasteiger partial charge >= 0.3 is 18.1 Å². The van der Waals surface area contributed by atoms with Crippen molar-refractivity contribution >= 4 is 55.6 Å². The fourth-order valence-corrected chi connectivity index (χ4v) is 2.61. The van der Waals surface area contributed by atoms with E-state index in [2.05, 4.69) is 46.6 Å². The summed E-state index contributed by atoms with van der Waals surface area (Å²) in [5, 5.41) is 0. The molecule has 0 radical (unpaired) electrons. The first-order valence-corrected chi connectivity index (χ1v) is 10.7. The van der Waals surface area contributed by atoms with E-state index in [0.29, 0.717) is 20.2 Å². The number of carbonyl (C=O) groups excluding carboxylic acids is 3. The van der Waals surface area contributed by atoms with E-state index < -0.39 is 18.1 Å². The summed E-state index contributed by atoms with van der Waals surface area (Å²) in [7, 11) is 0. The highest BCUT2D eigenvalue weighted by atomic mass is 79.9. The Morgan fingerprint density at radius 1 is 1.24 bits per heavy atom. The van der Waals surface area contributed by atoms with Gasteiger partial charge in [-0.1, -0.05) is 45.7 Å². The highest BCUT2D eigenvalue weighted by Gasteiger charge is 2.41. The summed E-state index contributed by atoms with van der Waals surface area (Å²) in [6.07, 6.45) is 4.38. The number of carbonyl (C=O) groups is 3. The van der Waals surface area contributed by atoms with Gasteiger partial charge in [0.25, 0.3) is 0 Å². The van der Waals surface area contributed by atoms with E-state index in [0.717, 1.165) is 32.9 Å². The SMILES string of the molecule is Brc1ccn2cncc2c1.CC(=O)OC(=O)C(F)(F)F.O=CCCc1cc(Br)ccn1.[2H]CC. The van der Waals surface area contributed by atoms with E-state index in [-0.39, 0.29) is 0 Å². The number of halogens is 5. The molecule has 33 heavy (non-hydrogen) atoms. The average Bonchev–Trinajstić information content (AvgIpc) is 3.20. The van der Waals surface area contributed by atoms with Crippen molar-refractivity contribution in [2.24, 2.45) is 0 Å². The van der Waals surface area contributed by atoms with Crippen LogP contribution in [0.4, 0.5) is 13.2 Å². The third-order valence-corrected chi connectivity index (χ3v) is 4.13. The number of pyridine rings is 2. The molecule has 3 heterocycles. The largest absolute Gasteiger partial charge is 0.491 e. The number of esters is 2. The van der Waals surface area contributed by atoms with Gasteiger partial charge in [-0.25, -0.2) is 9.78 Å². The molecule has 0 saturated carbocycles. The van der Waals surface area contributed by atoms with E-state index >= 15 is 0 Å². The summed E-state index contributed by atoms with van der Waals surface area (Å²) < 4.78 is 47.0. The molecule has 7 nitrogen and oxygen atoms in total. The van der Waals surface area contributed by atoms with Gasteiger partial charge in [-0.2, -0.15) is 13.2 Å². The Morgan fingerprint density at radius 2 is 1.88 bits per heavy atom. The lowest BCUT2D eigenvalue weighted by molar-refractivity contribution is -0.201. The third-order valence-electron chi connectivity index (χ3n) is 3.14. The summed E-state index contributed by atoms with van der Waals surface area (Å²) in [5.74, 6) is -3.76. The zero-order valence-corrected chi connectivity index (χ0v) is 20.9. The maximum absolute atomic E-state index is 11.2. The minimum Gasteiger partial charge on any atom is -0.387 e. The van der Waals surface area contributed by atoms with Crippen LogP contribution in [0, 0.1) is 0 Å². The Kier molecular flexibility index (Phi) is 13.9. The number of alkyl halides is 3. The lowest BCUT2D eigenvalue weighted by Gasteiger charge is -2.01. The van der Waals surface area contributed by atoms with Gasteiger partial charge in [0.05, 0.1) is 18.0 Å². The zero-order chi connectivity index (χ0) is 26.1. The van der Waals surface area contributed by atoms with Gasteiger partial charge in [-0.05, 0) is 30.7 Å². The van der Waals surface area contributed by atoms with Gasteiger partial charge < -0.3 is 13.9 Å². The highest BCUT2D eigenvalue weighted by molar-refractivity contribution is 9.10. The predicted octanol–water partition coefficient (Wildman–Crippen LogP) is 5.74. The minimum absolute atomic E-state index is 0.500. The van der Waals surface area contributed by atoms with Gasteiger partial charge in [-0.15, -0.1) is 0 Å². The van der Waals surface area contributed by atoms with Crippen LogP contribution in [0.15, 0.2) is 58.1 Å². The average molecular weight is 598 g/mol. The highest BCUT2D eigenvalue weighted by Crippen LogP contribution is 2.16. The first-order chi connectivity index (χ1) is 15.9. The molecule has 0 fully saturated rings. The van der Waals surface area contributed by atoms with Crippen molar-refractivity contribution in [1.29, 1.82) is 0 Å². The van der Waals surface area contributed by atoms with Gasteiger partial charge in [-0.3, -0.25) is 9.78 Å². The second-order valence-corrected chi connectivity index (χ2v) is 7.45. The van der Waals surface area contributed by atoms with Crippen LogP contribution in [0.1, 0.15) is 34.2 Å². The Bertz CT molecular complexity index is 1050. The number of aldehydes is 1. The van der Waals surface area contributed by atoms with Crippen molar-refractivity contribution < 1.29 is 33.7 Å². The van der Waals surface area contributed by atoms with E-state index in [9.17, 15) is 27.6 Å². The maximum Gasteiger partial charge on any atom is 0.491 e. The summed E-state index contributed by atoms with van der Waals surface area (Å²) in [4.78, 5) is 37.6. The first kappa shape index (κ1) is 28.4. The van der Waals surface area contributed by atoms with Gasteiger partial charge in [0.15, 0.2) is 0 Å². The molecule has 0 N–H and O–H groups in total. The molecular weight excluding hydrogens is 575 g/mol. The fraction of sp³-hybridized carbons (Fsp3) is 0.286. The number of rotatable bonds is 3. The van der Waals surface area contributed by atoms with Gasteiger partial charge in [0.2, 0.25) is 0 Å². The van der Waals surface area contributed by atoms with Gasteiger partial charge in [0.1, 0.15) is 6.29 Å². The van der Waals surface area contributed by atoms with Crippen LogP contribution in [0.5, 0.6) is 0 Å². The molecule has 0 amide bonds. The molecule has 0 atom stereocenters. The van der Waals surface area contributed by atoms with Crippen LogP contribution in [0.2, 0.25) is 0 Å². The number of hydrogen-bond acceptors (Lipinski definition) is 6. The van der Waals surface area contributed by atoms with Crippen molar-refractivity contribution in [3.05, 3.63) is 63.8 Å². The van der Waals surface area contributed by atoms with Gasteiger partial charge in [0, 0.05) is 41.7 Å². The van der Waals surface area contributed by atoms with Crippen LogP contribution in [-0.2, 0) is 25.5 Å². The molecule has 0 aliphatic heterocycles. The van der Waals surface area contributed by atoms with Crippen LogP contribution < -0.4 is 0 Å². The predicted molar refractivity (Wildman–Crippen MR) is 123 cm³/mol. The van der Waals surface area contributed by atoms with E-state index in [1.807, 2.05) is 41.1 Å². The molecule has 3 rings (SSSR count). The number of aromatic nitrogens is 3. The Balaban J connectivity index is 0.000000454. The van der Waals surface area contributed by atoms with Crippen LogP contribution in [0.25, 0.3) is 5.52 Å². The van der Waals surface area contributed by atoms with Crippen molar-refractivity contribution in [1.82, 2.24) is 14.4 Å². The Labute approximate surface area is 207 Å². The summed E-state index contributed by atoms with van der Waals surface area (Å²) in [5.41, 5.74) is 2.06. The molecule has 12 heteroatoms. The van der Waals surface area contributed by atoms with Crippen molar-refractivity contribution in [3.8, 4) is 0 Å². The molecular formula is C21H22Br2F3N3O4. The number of ether oxygens (including phenoxy) is 1. The number of nitrogens with zero attached hydrogens (tertiary/aromatic N) is 3. The Morgan fingerprint density at radius 3 is 2.39 bits per heavy atom. The van der Waals surface area contributed by atoms with Crippen molar-refractivity contribution in [2.75, 3.05) is 0 Å². The summed E-state index contributed by atoms with van der Waals surface area (Å²) in [6.45, 7) is 3.00. The van der Waals surface area contributed by atoms with E-state index in [4.69, 9.17) is 1.37 Å².